The standard InChI is InChI=1S/C16H18N4O3S/c1-2-23-15(22)20-14-12(19-10-24-14)13(21)18-9-16(5-6-16)11-3-7-17-8-4-11/h3-4,7-8,10H,2,5-6,9H2,1H3,(H,18,21)(H,20,22). The van der Waals surface area contributed by atoms with Gasteiger partial charge in [-0.2, -0.15) is 0 Å². The minimum atomic E-state index is -0.591. The van der Waals surface area contributed by atoms with Crippen LogP contribution in [0.15, 0.2) is 30.0 Å². The average molecular weight is 346 g/mol. The molecule has 0 unspecified atom stereocenters. The normalized spacial score (nSPS) is 14.7. The molecule has 7 nitrogen and oxygen atoms in total. The smallest absolute Gasteiger partial charge is 0.412 e. The molecule has 1 saturated carbocycles. The number of nitrogens with one attached hydrogen (secondary N) is 2. The molecule has 2 heterocycles. The van der Waals surface area contributed by atoms with Crippen LogP contribution in [0.2, 0.25) is 0 Å². The molecular weight excluding hydrogens is 328 g/mol. The summed E-state index contributed by atoms with van der Waals surface area (Å²) in [6, 6.07) is 3.96. The molecule has 1 aliphatic rings. The minimum Gasteiger partial charge on any atom is -0.450 e. The first-order valence-corrected chi connectivity index (χ1v) is 8.58. The largest absolute Gasteiger partial charge is 0.450 e. The van der Waals surface area contributed by atoms with E-state index in [1.54, 1.807) is 19.3 Å². The van der Waals surface area contributed by atoms with Gasteiger partial charge in [0.1, 0.15) is 5.00 Å². The molecule has 24 heavy (non-hydrogen) atoms. The Bertz CT molecular complexity index is 728. The van der Waals surface area contributed by atoms with Gasteiger partial charge in [0.2, 0.25) is 0 Å². The van der Waals surface area contributed by atoms with Gasteiger partial charge in [-0.15, -0.1) is 11.3 Å². The van der Waals surface area contributed by atoms with Crippen molar-refractivity contribution in [1.29, 1.82) is 0 Å². The Hall–Kier alpha value is -2.48. The monoisotopic (exact) mass is 346 g/mol. The summed E-state index contributed by atoms with van der Waals surface area (Å²) in [5.74, 6) is -0.302. The third-order valence-electron chi connectivity index (χ3n) is 4.01. The summed E-state index contributed by atoms with van der Waals surface area (Å²) in [6.45, 7) is 2.51. The van der Waals surface area contributed by atoms with Crippen molar-refractivity contribution in [3.8, 4) is 0 Å². The van der Waals surface area contributed by atoms with Gasteiger partial charge in [-0.05, 0) is 37.5 Å². The molecule has 1 fully saturated rings. The van der Waals surface area contributed by atoms with Crippen molar-refractivity contribution in [1.82, 2.24) is 15.3 Å². The van der Waals surface area contributed by atoms with Gasteiger partial charge in [0.15, 0.2) is 5.69 Å². The first kappa shape index (κ1) is 16.4. The number of carbonyl (C=O) groups is 2. The van der Waals surface area contributed by atoms with Crippen molar-refractivity contribution in [3.05, 3.63) is 41.3 Å². The Morgan fingerprint density at radius 1 is 1.33 bits per heavy atom. The van der Waals surface area contributed by atoms with E-state index in [-0.39, 0.29) is 23.6 Å². The maximum absolute atomic E-state index is 12.4. The van der Waals surface area contributed by atoms with E-state index in [1.165, 1.54) is 22.4 Å². The van der Waals surface area contributed by atoms with Gasteiger partial charge in [0, 0.05) is 24.4 Å². The summed E-state index contributed by atoms with van der Waals surface area (Å²) >= 11 is 1.19. The van der Waals surface area contributed by atoms with Gasteiger partial charge in [0.25, 0.3) is 5.91 Å². The van der Waals surface area contributed by atoms with Crippen LogP contribution in [0.1, 0.15) is 35.8 Å². The zero-order valence-corrected chi connectivity index (χ0v) is 14.1. The molecule has 0 bridgehead atoms. The molecule has 2 aromatic rings. The van der Waals surface area contributed by atoms with Crippen LogP contribution in [0.3, 0.4) is 0 Å². The molecule has 1 aliphatic carbocycles. The minimum absolute atomic E-state index is 0.0106. The lowest BCUT2D eigenvalue weighted by Gasteiger charge is -2.16. The molecule has 0 aromatic carbocycles. The first-order chi connectivity index (χ1) is 11.6. The lowest BCUT2D eigenvalue weighted by atomic mass is 9.97. The summed E-state index contributed by atoms with van der Waals surface area (Å²) in [5.41, 5.74) is 2.90. The summed E-state index contributed by atoms with van der Waals surface area (Å²) in [7, 11) is 0. The number of hydrogen-bond acceptors (Lipinski definition) is 6. The average Bonchev–Trinajstić information content (AvgIpc) is 3.25. The van der Waals surface area contributed by atoms with Crippen LogP contribution in [0, 0.1) is 0 Å². The van der Waals surface area contributed by atoms with Crippen molar-refractivity contribution in [2.75, 3.05) is 18.5 Å². The number of rotatable bonds is 6. The molecule has 0 radical (unpaired) electrons. The van der Waals surface area contributed by atoms with E-state index in [2.05, 4.69) is 20.6 Å². The number of aromatic nitrogens is 2. The van der Waals surface area contributed by atoms with Crippen LogP contribution in [-0.4, -0.2) is 35.1 Å². The number of ether oxygens (including phenoxy) is 1. The summed E-state index contributed by atoms with van der Waals surface area (Å²) in [5, 5.41) is 5.86. The second-order valence-corrected chi connectivity index (χ2v) is 6.43. The Morgan fingerprint density at radius 3 is 2.75 bits per heavy atom. The van der Waals surface area contributed by atoms with E-state index in [0.29, 0.717) is 11.5 Å². The molecule has 2 N–H and O–H groups in total. The van der Waals surface area contributed by atoms with Crippen LogP contribution < -0.4 is 10.6 Å². The van der Waals surface area contributed by atoms with Crippen molar-refractivity contribution >= 4 is 28.3 Å². The Balaban J connectivity index is 1.62. The molecule has 3 rings (SSSR count). The van der Waals surface area contributed by atoms with E-state index < -0.39 is 6.09 Å². The molecule has 0 spiro atoms. The molecular formula is C16H18N4O3S. The van der Waals surface area contributed by atoms with Crippen LogP contribution in [0.5, 0.6) is 0 Å². The predicted molar refractivity (Wildman–Crippen MR) is 90.2 cm³/mol. The quantitative estimate of drug-likeness (QED) is 0.838. The molecule has 0 atom stereocenters. The van der Waals surface area contributed by atoms with Gasteiger partial charge in [-0.25, -0.2) is 9.78 Å². The maximum atomic E-state index is 12.4. The number of amides is 2. The summed E-state index contributed by atoms with van der Waals surface area (Å²) < 4.78 is 4.82. The highest BCUT2D eigenvalue weighted by atomic mass is 32.1. The van der Waals surface area contributed by atoms with Crippen molar-refractivity contribution in [2.45, 2.75) is 25.2 Å². The van der Waals surface area contributed by atoms with Crippen LogP contribution >= 0.6 is 11.3 Å². The highest BCUT2D eigenvalue weighted by molar-refractivity contribution is 7.14. The molecule has 0 saturated heterocycles. The molecule has 8 heteroatoms. The highest BCUT2D eigenvalue weighted by Crippen LogP contribution is 2.47. The van der Waals surface area contributed by atoms with E-state index in [0.717, 1.165) is 12.8 Å². The Labute approximate surface area is 143 Å². The van der Waals surface area contributed by atoms with Crippen LogP contribution in [-0.2, 0) is 10.2 Å². The summed E-state index contributed by atoms with van der Waals surface area (Å²) in [4.78, 5) is 32.0. The van der Waals surface area contributed by atoms with Gasteiger partial charge >= 0.3 is 6.09 Å². The topological polar surface area (TPSA) is 93.2 Å². The molecule has 2 amide bonds. The number of nitrogens with zero attached hydrogens (tertiary/aromatic N) is 2. The number of carbonyl (C=O) groups excluding carboxylic acids is 2. The third kappa shape index (κ3) is 3.53. The fourth-order valence-electron chi connectivity index (χ4n) is 2.51. The van der Waals surface area contributed by atoms with E-state index >= 15 is 0 Å². The zero-order chi connectivity index (χ0) is 17.0. The Kier molecular flexibility index (Phi) is 4.75. The third-order valence-corrected chi connectivity index (χ3v) is 4.75. The van der Waals surface area contributed by atoms with Crippen LogP contribution in [0.4, 0.5) is 9.80 Å². The predicted octanol–water partition coefficient (Wildman–Crippen LogP) is 2.57. The Morgan fingerprint density at radius 2 is 2.08 bits per heavy atom. The molecule has 0 aliphatic heterocycles. The zero-order valence-electron chi connectivity index (χ0n) is 13.2. The number of hydrogen-bond donors (Lipinski definition) is 2. The summed E-state index contributed by atoms with van der Waals surface area (Å²) in [6.07, 6.45) is 4.99. The van der Waals surface area contributed by atoms with Crippen LogP contribution in [0.25, 0.3) is 0 Å². The SMILES string of the molecule is CCOC(=O)Nc1scnc1C(=O)NCC1(c2ccncc2)CC1. The van der Waals surface area contributed by atoms with Gasteiger partial charge in [0.05, 0.1) is 12.1 Å². The number of anilines is 1. The molecule has 2 aromatic heterocycles. The van der Waals surface area contributed by atoms with E-state index in [4.69, 9.17) is 4.74 Å². The fourth-order valence-corrected chi connectivity index (χ4v) is 3.18. The van der Waals surface area contributed by atoms with Gasteiger partial charge in [-0.1, -0.05) is 0 Å². The lowest BCUT2D eigenvalue weighted by molar-refractivity contribution is 0.0946. The first-order valence-electron chi connectivity index (χ1n) is 7.70. The molecule has 126 valence electrons. The van der Waals surface area contributed by atoms with E-state index in [1.807, 2.05) is 12.1 Å². The van der Waals surface area contributed by atoms with Crippen molar-refractivity contribution in [2.24, 2.45) is 0 Å². The van der Waals surface area contributed by atoms with Gasteiger partial charge < -0.3 is 10.1 Å². The fraction of sp³-hybridized carbons (Fsp3) is 0.375. The lowest BCUT2D eigenvalue weighted by Crippen LogP contribution is -2.33. The van der Waals surface area contributed by atoms with Crippen molar-refractivity contribution in [3.63, 3.8) is 0 Å². The second kappa shape index (κ2) is 6.96. The van der Waals surface area contributed by atoms with Crippen molar-refractivity contribution < 1.29 is 14.3 Å². The maximum Gasteiger partial charge on any atom is 0.412 e. The highest BCUT2D eigenvalue weighted by Gasteiger charge is 2.44. The second-order valence-electron chi connectivity index (χ2n) is 5.57. The number of pyridine rings is 1. The van der Waals surface area contributed by atoms with E-state index in [9.17, 15) is 9.59 Å². The number of thiazole rings is 1. The van der Waals surface area contributed by atoms with Gasteiger partial charge in [-0.3, -0.25) is 15.1 Å².